The van der Waals surface area contributed by atoms with Crippen LogP contribution in [0, 0.1) is 10.1 Å². The third kappa shape index (κ3) is 4.13. The van der Waals surface area contributed by atoms with E-state index in [0.717, 1.165) is 21.7 Å². The maximum atomic E-state index is 12.4. The molecular formula is C20H15N3O6S. The van der Waals surface area contributed by atoms with Gasteiger partial charge < -0.3 is 9.47 Å². The number of rotatable bonds is 6. The second kappa shape index (κ2) is 8.29. The normalized spacial score (nSPS) is 12.8. The topological polar surface area (TPSA) is 112 Å². The summed E-state index contributed by atoms with van der Waals surface area (Å²) in [5, 5.41) is 13.0. The minimum atomic E-state index is -0.637. The van der Waals surface area contributed by atoms with E-state index in [0.29, 0.717) is 5.75 Å². The molecule has 3 aromatic rings. The third-order valence-electron chi connectivity index (χ3n) is 4.44. The van der Waals surface area contributed by atoms with Crippen molar-refractivity contribution in [2.24, 2.45) is 0 Å². The molecule has 1 amide bonds. The van der Waals surface area contributed by atoms with E-state index in [1.54, 1.807) is 5.51 Å². The van der Waals surface area contributed by atoms with Gasteiger partial charge in [-0.25, -0.2) is 4.98 Å². The van der Waals surface area contributed by atoms with E-state index < -0.39 is 16.8 Å². The summed E-state index contributed by atoms with van der Waals surface area (Å²) in [6.45, 7) is -0.604. The van der Waals surface area contributed by atoms with Crippen molar-refractivity contribution >= 4 is 34.6 Å². The highest BCUT2D eigenvalue weighted by Gasteiger charge is 2.29. The lowest BCUT2D eigenvalue weighted by atomic mass is 10.1. The number of non-ortho nitro benzene ring substituents is 1. The van der Waals surface area contributed by atoms with E-state index in [-0.39, 0.29) is 31.1 Å². The van der Waals surface area contributed by atoms with Crippen LogP contribution in [0.25, 0.3) is 11.3 Å². The van der Waals surface area contributed by atoms with Gasteiger partial charge in [-0.3, -0.25) is 24.6 Å². The van der Waals surface area contributed by atoms with Crippen LogP contribution >= 0.6 is 11.3 Å². The molecule has 0 N–H and O–H groups in total. The van der Waals surface area contributed by atoms with Crippen LogP contribution in [0.4, 0.5) is 11.4 Å². The fourth-order valence-corrected chi connectivity index (χ4v) is 3.55. The molecule has 0 fully saturated rings. The molecule has 4 rings (SSSR count). The Labute approximate surface area is 174 Å². The molecule has 0 unspecified atom stereocenters. The summed E-state index contributed by atoms with van der Waals surface area (Å²) < 4.78 is 10.6. The largest absolute Gasteiger partial charge is 0.482 e. The van der Waals surface area contributed by atoms with E-state index in [2.05, 4.69) is 4.98 Å². The molecule has 30 heavy (non-hydrogen) atoms. The van der Waals surface area contributed by atoms with Crippen molar-refractivity contribution in [3.63, 3.8) is 0 Å². The van der Waals surface area contributed by atoms with Gasteiger partial charge in [0.15, 0.2) is 6.61 Å². The summed E-state index contributed by atoms with van der Waals surface area (Å²) in [4.78, 5) is 40.5. The molecule has 0 atom stereocenters. The van der Waals surface area contributed by atoms with Gasteiger partial charge in [0.25, 0.3) is 11.6 Å². The van der Waals surface area contributed by atoms with Crippen molar-refractivity contribution in [2.45, 2.75) is 6.61 Å². The van der Waals surface area contributed by atoms with Crippen LogP contribution in [-0.4, -0.2) is 34.9 Å². The number of hydrogen-bond donors (Lipinski definition) is 0. The van der Waals surface area contributed by atoms with Gasteiger partial charge in [-0.1, -0.05) is 18.2 Å². The summed E-state index contributed by atoms with van der Waals surface area (Å²) in [6.07, 6.45) is 0. The first-order valence-corrected chi connectivity index (χ1v) is 9.80. The predicted octanol–water partition coefficient (Wildman–Crippen LogP) is 3.19. The van der Waals surface area contributed by atoms with Crippen molar-refractivity contribution < 1.29 is 24.0 Å². The SMILES string of the molecule is O=C(CN1C(=O)COc2ccc([N+](=O)[O-])cc21)OCc1cccc(-c2cscn2)c1. The van der Waals surface area contributed by atoms with Crippen molar-refractivity contribution in [1.29, 1.82) is 0 Å². The lowest BCUT2D eigenvalue weighted by molar-refractivity contribution is -0.384. The highest BCUT2D eigenvalue weighted by atomic mass is 32.1. The maximum absolute atomic E-state index is 12.4. The average Bonchev–Trinajstić information content (AvgIpc) is 3.29. The van der Waals surface area contributed by atoms with Crippen LogP contribution in [0.1, 0.15) is 5.56 Å². The van der Waals surface area contributed by atoms with Crippen LogP contribution in [-0.2, 0) is 20.9 Å². The number of carbonyl (C=O) groups is 2. The molecule has 10 heteroatoms. The molecule has 1 aromatic heterocycles. The zero-order valence-corrected chi connectivity index (χ0v) is 16.3. The second-order valence-corrected chi connectivity index (χ2v) is 7.13. The molecule has 0 bridgehead atoms. The van der Waals surface area contributed by atoms with E-state index in [1.165, 1.54) is 29.5 Å². The number of fused-ring (bicyclic) bond motifs is 1. The van der Waals surface area contributed by atoms with Gasteiger partial charge in [0, 0.05) is 23.1 Å². The van der Waals surface area contributed by atoms with Gasteiger partial charge in [-0.2, -0.15) is 0 Å². The van der Waals surface area contributed by atoms with E-state index in [4.69, 9.17) is 9.47 Å². The summed E-state index contributed by atoms with van der Waals surface area (Å²) in [5.41, 5.74) is 4.23. The Morgan fingerprint density at radius 3 is 2.93 bits per heavy atom. The van der Waals surface area contributed by atoms with Crippen LogP contribution in [0.3, 0.4) is 0 Å². The summed E-state index contributed by atoms with van der Waals surface area (Å²) in [6, 6.07) is 11.3. The van der Waals surface area contributed by atoms with Gasteiger partial charge in [0.05, 0.1) is 21.8 Å². The number of thiazole rings is 1. The average molecular weight is 425 g/mol. The molecule has 2 heterocycles. The molecule has 0 saturated heterocycles. The van der Waals surface area contributed by atoms with Gasteiger partial charge in [-0.05, 0) is 17.7 Å². The van der Waals surface area contributed by atoms with Crippen LogP contribution < -0.4 is 9.64 Å². The number of amides is 1. The number of carbonyl (C=O) groups excluding carboxylic acids is 2. The van der Waals surface area contributed by atoms with E-state index in [1.807, 2.05) is 29.6 Å². The van der Waals surface area contributed by atoms with Gasteiger partial charge in [0.2, 0.25) is 0 Å². The Hall–Kier alpha value is -3.79. The van der Waals surface area contributed by atoms with E-state index in [9.17, 15) is 19.7 Å². The fraction of sp³-hybridized carbons (Fsp3) is 0.150. The minimum absolute atomic E-state index is 0.0249. The van der Waals surface area contributed by atoms with Crippen LogP contribution in [0.5, 0.6) is 5.75 Å². The number of ether oxygens (including phenoxy) is 2. The van der Waals surface area contributed by atoms with Crippen molar-refractivity contribution in [2.75, 3.05) is 18.1 Å². The molecule has 0 saturated carbocycles. The Morgan fingerprint density at radius 2 is 2.17 bits per heavy atom. The molecule has 0 aliphatic carbocycles. The number of benzene rings is 2. The molecule has 1 aliphatic heterocycles. The molecule has 0 radical (unpaired) electrons. The first kappa shape index (κ1) is 19.5. The highest BCUT2D eigenvalue weighted by molar-refractivity contribution is 7.07. The van der Waals surface area contributed by atoms with Gasteiger partial charge >= 0.3 is 5.97 Å². The summed E-state index contributed by atoms with van der Waals surface area (Å²) in [5.74, 6) is -0.823. The zero-order chi connectivity index (χ0) is 21.1. The first-order valence-electron chi connectivity index (χ1n) is 8.86. The third-order valence-corrected chi connectivity index (χ3v) is 5.02. The number of anilines is 1. The second-order valence-electron chi connectivity index (χ2n) is 6.41. The number of nitro benzene ring substituents is 1. The maximum Gasteiger partial charge on any atom is 0.326 e. The standard InChI is InChI=1S/C20H15N3O6S/c24-19-10-28-18-5-4-15(23(26)27)7-17(18)22(19)8-20(25)29-9-13-2-1-3-14(6-13)16-11-30-12-21-16/h1-7,11-12H,8-10H2. The number of aromatic nitrogens is 1. The Kier molecular flexibility index (Phi) is 5.40. The van der Waals surface area contributed by atoms with Gasteiger partial charge in [0.1, 0.15) is 18.9 Å². The molecule has 9 nitrogen and oxygen atoms in total. The Balaban J connectivity index is 1.45. The number of hydrogen-bond acceptors (Lipinski definition) is 8. The molecule has 1 aliphatic rings. The lowest BCUT2D eigenvalue weighted by Gasteiger charge is -2.28. The quantitative estimate of drug-likeness (QED) is 0.339. The Morgan fingerprint density at radius 1 is 1.30 bits per heavy atom. The first-order chi connectivity index (χ1) is 14.5. The molecule has 2 aromatic carbocycles. The van der Waals surface area contributed by atoms with Crippen molar-refractivity contribution in [3.05, 3.63) is 69.0 Å². The number of nitrogens with zero attached hydrogens (tertiary/aromatic N) is 3. The summed E-state index contributed by atoms with van der Waals surface area (Å²) in [7, 11) is 0. The minimum Gasteiger partial charge on any atom is -0.482 e. The highest BCUT2D eigenvalue weighted by Crippen LogP contribution is 2.35. The summed E-state index contributed by atoms with van der Waals surface area (Å²) >= 11 is 1.49. The monoisotopic (exact) mass is 425 g/mol. The van der Waals surface area contributed by atoms with Gasteiger partial charge in [-0.15, -0.1) is 11.3 Å². The fourth-order valence-electron chi connectivity index (χ4n) is 2.99. The molecular weight excluding hydrogens is 410 g/mol. The lowest BCUT2D eigenvalue weighted by Crippen LogP contribution is -2.42. The number of nitro groups is 1. The predicted molar refractivity (Wildman–Crippen MR) is 108 cm³/mol. The zero-order valence-electron chi connectivity index (χ0n) is 15.5. The van der Waals surface area contributed by atoms with Crippen molar-refractivity contribution in [1.82, 2.24) is 4.98 Å². The molecule has 0 spiro atoms. The van der Waals surface area contributed by atoms with Crippen molar-refractivity contribution in [3.8, 4) is 17.0 Å². The van der Waals surface area contributed by atoms with E-state index >= 15 is 0 Å². The van der Waals surface area contributed by atoms with Crippen LogP contribution in [0.15, 0.2) is 53.4 Å². The van der Waals surface area contributed by atoms with Crippen LogP contribution in [0.2, 0.25) is 0 Å². The Bertz CT molecular complexity index is 1120. The smallest absolute Gasteiger partial charge is 0.326 e. The molecule has 152 valence electrons. The number of esters is 1.